The minimum Gasteiger partial charge on any atom is -0.397 e. The zero-order valence-electron chi connectivity index (χ0n) is 10.1. The maximum absolute atomic E-state index is 13.8. The first-order chi connectivity index (χ1) is 9.65. The SMILES string of the molecule is Nc1ccsc1-c1nc(Cc2cccc(Cl)c2F)no1. The molecule has 2 heterocycles. The van der Waals surface area contributed by atoms with E-state index in [1.165, 1.54) is 17.4 Å². The van der Waals surface area contributed by atoms with Crippen LogP contribution in [0, 0.1) is 5.82 Å². The molecule has 0 atom stereocenters. The summed E-state index contributed by atoms with van der Waals surface area (Å²) in [5.41, 5.74) is 6.79. The Kier molecular flexibility index (Phi) is 3.42. The van der Waals surface area contributed by atoms with Gasteiger partial charge < -0.3 is 10.3 Å². The van der Waals surface area contributed by atoms with Crippen LogP contribution in [-0.2, 0) is 6.42 Å². The van der Waals surface area contributed by atoms with E-state index in [1.54, 1.807) is 18.2 Å². The van der Waals surface area contributed by atoms with Crippen molar-refractivity contribution in [2.45, 2.75) is 6.42 Å². The second-order valence-electron chi connectivity index (χ2n) is 4.11. The lowest BCUT2D eigenvalue weighted by atomic mass is 10.1. The molecule has 0 radical (unpaired) electrons. The van der Waals surface area contributed by atoms with Crippen LogP contribution in [0.2, 0.25) is 5.02 Å². The first-order valence-electron chi connectivity index (χ1n) is 5.74. The Balaban J connectivity index is 1.88. The number of anilines is 1. The highest BCUT2D eigenvalue weighted by Crippen LogP contribution is 2.30. The molecule has 0 aliphatic carbocycles. The molecule has 4 nitrogen and oxygen atoms in total. The van der Waals surface area contributed by atoms with Crippen molar-refractivity contribution in [2.24, 2.45) is 0 Å². The molecule has 2 aromatic heterocycles. The van der Waals surface area contributed by atoms with Gasteiger partial charge in [0.15, 0.2) is 5.82 Å². The predicted molar refractivity (Wildman–Crippen MR) is 76.2 cm³/mol. The maximum atomic E-state index is 13.8. The van der Waals surface area contributed by atoms with Crippen LogP contribution in [0.5, 0.6) is 0 Å². The van der Waals surface area contributed by atoms with Crippen molar-refractivity contribution in [3.8, 4) is 10.8 Å². The van der Waals surface area contributed by atoms with E-state index in [9.17, 15) is 4.39 Å². The summed E-state index contributed by atoms with van der Waals surface area (Å²) in [7, 11) is 0. The molecule has 0 fully saturated rings. The number of halogens is 2. The highest BCUT2D eigenvalue weighted by molar-refractivity contribution is 7.14. The van der Waals surface area contributed by atoms with Crippen LogP contribution in [0.4, 0.5) is 10.1 Å². The van der Waals surface area contributed by atoms with E-state index in [0.717, 1.165) is 4.88 Å². The van der Waals surface area contributed by atoms with Gasteiger partial charge in [-0.3, -0.25) is 0 Å². The van der Waals surface area contributed by atoms with Gasteiger partial charge in [-0.05, 0) is 23.1 Å². The molecule has 3 rings (SSSR count). The summed E-state index contributed by atoms with van der Waals surface area (Å²) in [6.45, 7) is 0. The number of thiophene rings is 1. The summed E-state index contributed by atoms with van der Waals surface area (Å²) in [4.78, 5) is 4.94. The van der Waals surface area contributed by atoms with Crippen molar-refractivity contribution < 1.29 is 8.91 Å². The predicted octanol–water partition coefficient (Wildman–Crippen LogP) is 3.76. The third kappa shape index (κ3) is 2.39. The molecule has 7 heteroatoms. The highest BCUT2D eigenvalue weighted by Gasteiger charge is 2.15. The topological polar surface area (TPSA) is 64.9 Å². The van der Waals surface area contributed by atoms with Crippen molar-refractivity contribution in [3.63, 3.8) is 0 Å². The summed E-state index contributed by atoms with van der Waals surface area (Å²) in [5.74, 6) is 0.264. The van der Waals surface area contributed by atoms with E-state index in [4.69, 9.17) is 21.9 Å². The normalized spacial score (nSPS) is 10.9. The average molecular weight is 310 g/mol. The molecule has 0 saturated heterocycles. The lowest BCUT2D eigenvalue weighted by molar-refractivity contribution is 0.424. The van der Waals surface area contributed by atoms with Crippen LogP contribution in [0.3, 0.4) is 0 Å². The zero-order chi connectivity index (χ0) is 14.1. The molecule has 0 unspecified atom stereocenters. The van der Waals surface area contributed by atoms with Gasteiger partial charge >= 0.3 is 0 Å². The van der Waals surface area contributed by atoms with Gasteiger partial charge in [-0.15, -0.1) is 11.3 Å². The van der Waals surface area contributed by atoms with Crippen molar-refractivity contribution in [2.75, 3.05) is 5.73 Å². The summed E-state index contributed by atoms with van der Waals surface area (Å²) in [6.07, 6.45) is 0.209. The van der Waals surface area contributed by atoms with E-state index < -0.39 is 5.82 Å². The van der Waals surface area contributed by atoms with Crippen molar-refractivity contribution in [1.29, 1.82) is 0 Å². The quantitative estimate of drug-likeness (QED) is 0.800. The zero-order valence-corrected chi connectivity index (χ0v) is 11.7. The molecule has 0 aliphatic rings. The lowest BCUT2D eigenvalue weighted by Crippen LogP contribution is -1.95. The fourth-order valence-corrected chi connectivity index (χ4v) is 2.70. The monoisotopic (exact) mass is 309 g/mol. The van der Waals surface area contributed by atoms with Gasteiger partial charge in [-0.1, -0.05) is 28.9 Å². The number of aromatic nitrogens is 2. The van der Waals surface area contributed by atoms with Gasteiger partial charge in [0.05, 0.1) is 10.7 Å². The molecule has 0 saturated carbocycles. The summed E-state index contributed by atoms with van der Waals surface area (Å²) >= 11 is 7.14. The summed E-state index contributed by atoms with van der Waals surface area (Å²) in [6, 6.07) is 6.57. The van der Waals surface area contributed by atoms with Gasteiger partial charge in [0.25, 0.3) is 5.89 Å². The van der Waals surface area contributed by atoms with Crippen molar-refractivity contribution in [1.82, 2.24) is 10.1 Å². The van der Waals surface area contributed by atoms with Crippen LogP contribution >= 0.6 is 22.9 Å². The number of hydrogen-bond donors (Lipinski definition) is 1. The Bertz CT molecular complexity index is 756. The smallest absolute Gasteiger partial charge is 0.270 e. The minimum atomic E-state index is -0.462. The standard InChI is InChI=1S/C13H9ClFN3OS/c14-8-3-1-2-7(11(8)15)6-10-17-13(19-18-10)12-9(16)4-5-20-12/h1-5H,6,16H2. The molecular formula is C13H9ClFN3OS. The van der Waals surface area contributed by atoms with Gasteiger partial charge in [-0.25, -0.2) is 4.39 Å². The number of benzene rings is 1. The number of rotatable bonds is 3. The molecule has 0 spiro atoms. The molecule has 0 bridgehead atoms. The number of nitrogen functional groups attached to an aromatic ring is 1. The maximum Gasteiger partial charge on any atom is 0.270 e. The third-order valence-corrected chi connectivity index (χ3v) is 3.95. The Morgan fingerprint density at radius 2 is 2.20 bits per heavy atom. The second-order valence-corrected chi connectivity index (χ2v) is 5.43. The van der Waals surface area contributed by atoms with Crippen LogP contribution in [-0.4, -0.2) is 10.1 Å². The molecule has 102 valence electrons. The van der Waals surface area contributed by atoms with E-state index >= 15 is 0 Å². The van der Waals surface area contributed by atoms with E-state index in [1.807, 2.05) is 5.38 Å². The molecular weight excluding hydrogens is 301 g/mol. The fraction of sp³-hybridized carbons (Fsp3) is 0.0769. The Labute approximate surface area is 123 Å². The average Bonchev–Trinajstić information content (AvgIpc) is 3.04. The van der Waals surface area contributed by atoms with Gasteiger partial charge in [0, 0.05) is 6.42 Å². The molecule has 1 aromatic carbocycles. The lowest BCUT2D eigenvalue weighted by Gasteiger charge is -2.00. The van der Waals surface area contributed by atoms with Crippen LogP contribution in [0.25, 0.3) is 10.8 Å². The Morgan fingerprint density at radius 3 is 2.95 bits per heavy atom. The van der Waals surface area contributed by atoms with Crippen LogP contribution in [0.15, 0.2) is 34.2 Å². The van der Waals surface area contributed by atoms with E-state index in [0.29, 0.717) is 23.0 Å². The number of nitrogens with two attached hydrogens (primary N) is 1. The highest BCUT2D eigenvalue weighted by atomic mass is 35.5. The summed E-state index contributed by atoms with van der Waals surface area (Å²) < 4.78 is 18.9. The Morgan fingerprint density at radius 1 is 1.35 bits per heavy atom. The molecule has 3 aromatic rings. The molecule has 2 N–H and O–H groups in total. The minimum absolute atomic E-state index is 0.0775. The van der Waals surface area contributed by atoms with Gasteiger partial charge in [-0.2, -0.15) is 4.98 Å². The van der Waals surface area contributed by atoms with Crippen molar-refractivity contribution >= 4 is 28.6 Å². The fourth-order valence-electron chi connectivity index (χ4n) is 1.77. The van der Waals surface area contributed by atoms with Gasteiger partial charge in [0.2, 0.25) is 0 Å². The largest absolute Gasteiger partial charge is 0.397 e. The van der Waals surface area contributed by atoms with Crippen molar-refractivity contribution in [3.05, 3.63) is 51.9 Å². The van der Waals surface area contributed by atoms with E-state index in [2.05, 4.69) is 10.1 Å². The number of nitrogens with zero attached hydrogens (tertiary/aromatic N) is 2. The number of hydrogen-bond acceptors (Lipinski definition) is 5. The first-order valence-corrected chi connectivity index (χ1v) is 6.99. The summed E-state index contributed by atoms with van der Waals surface area (Å²) in [5, 5.41) is 5.75. The van der Waals surface area contributed by atoms with Gasteiger partial charge in [0.1, 0.15) is 10.7 Å². The Hall–Kier alpha value is -1.92. The van der Waals surface area contributed by atoms with Crippen LogP contribution < -0.4 is 5.73 Å². The molecule has 20 heavy (non-hydrogen) atoms. The third-order valence-electron chi connectivity index (χ3n) is 2.74. The molecule has 0 amide bonds. The first kappa shape index (κ1) is 13.1. The van der Waals surface area contributed by atoms with E-state index in [-0.39, 0.29) is 11.4 Å². The molecule has 0 aliphatic heterocycles. The second kappa shape index (κ2) is 5.22. The van der Waals surface area contributed by atoms with Crippen LogP contribution in [0.1, 0.15) is 11.4 Å².